The van der Waals surface area contributed by atoms with Gasteiger partial charge in [-0.25, -0.2) is 4.39 Å². The quantitative estimate of drug-likeness (QED) is 0.765. The molecule has 4 nitrogen and oxygen atoms in total. The molecule has 5 heteroatoms. The Labute approximate surface area is 143 Å². The van der Waals surface area contributed by atoms with Crippen LogP contribution < -0.4 is 10.6 Å². The summed E-state index contributed by atoms with van der Waals surface area (Å²) in [6.45, 7) is 2.63. The predicted molar refractivity (Wildman–Crippen MR) is 91.8 cm³/mol. The number of carbonyl (C=O) groups is 2. The summed E-state index contributed by atoms with van der Waals surface area (Å²) in [6.07, 6.45) is 5.73. The van der Waals surface area contributed by atoms with Crippen LogP contribution in [0.2, 0.25) is 0 Å². The van der Waals surface area contributed by atoms with Gasteiger partial charge in [0, 0.05) is 19.4 Å². The van der Waals surface area contributed by atoms with Crippen molar-refractivity contribution < 1.29 is 14.0 Å². The fourth-order valence-corrected chi connectivity index (χ4v) is 3.26. The summed E-state index contributed by atoms with van der Waals surface area (Å²) in [6, 6.07) is 6.25. The molecule has 1 aliphatic carbocycles. The molecule has 2 N–H and O–H groups in total. The Morgan fingerprint density at radius 3 is 2.38 bits per heavy atom. The summed E-state index contributed by atoms with van der Waals surface area (Å²) < 4.78 is 13.2. The maximum atomic E-state index is 13.2. The molecule has 1 fully saturated rings. The number of hydrogen-bond donors (Lipinski definition) is 2. The normalized spacial score (nSPS) is 15.9. The summed E-state index contributed by atoms with van der Waals surface area (Å²) in [5.41, 5.74) is 0.937. The topological polar surface area (TPSA) is 58.2 Å². The van der Waals surface area contributed by atoms with E-state index >= 15 is 0 Å². The molecule has 132 valence electrons. The van der Waals surface area contributed by atoms with Crippen LogP contribution in [0.1, 0.15) is 63.5 Å². The molecule has 0 aliphatic heterocycles. The first-order valence-electron chi connectivity index (χ1n) is 8.91. The summed E-state index contributed by atoms with van der Waals surface area (Å²) in [4.78, 5) is 23.9. The highest BCUT2D eigenvalue weighted by atomic mass is 19.1. The van der Waals surface area contributed by atoms with Crippen molar-refractivity contribution in [2.45, 2.75) is 57.9 Å². The number of amides is 2. The van der Waals surface area contributed by atoms with Gasteiger partial charge in [0.05, 0.1) is 6.04 Å². The van der Waals surface area contributed by atoms with Crippen molar-refractivity contribution >= 4 is 11.8 Å². The zero-order valence-electron chi connectivity index (χ0n) is 14.3. The van der Waals surface area contributed by atoms with Crippen LogP contribution in [-0.2, 0) is 9.59 Å². The summed E-state index contributed by atoms with van der Waals surface area (Å²) in [5.74, 6) is -0.106. The van der Waals surface area contributed by atoms with E-state index in [0.29, 0.717) is 12.5 Å². The van der Waals surface area contributed by atoms with E-state index in [1.165, 1.54) is 12.1 Å². The molecule has 24 heavy (non-hydrogen) atoms. The van der Waals surface area contributed by atoms with Gasteiger partial charge in [0.1, 0.15) is 5.82 Å². The van der Waals surface area contributed by atoms with Gasteiger partial charge in [-0.15, -0.1) is 0 Å². The van der Waals surface area contributed by atoms with Crippen molar-refractivity contribution in [3.63, 3.8) is 0 Å². The van der Waals surface area contributed by atoms with E-state index in [1.54, 1.807) is 12.1 Å². The molecule has 1 aromatic rings. The second kappa shape index (κ2) is 9.40. The molecular weight excluding hydrogens is 307 g/mol. The highest BCUT2D eigenvalue weighted by molar-refractivity contribution is 5.83. The number of halogens is 1. The Morgan fingerprint density at radius 1 is 1.12 bits per heavy atom. The first kappa shape index (κ1) is 18.4. The van der Waals surface area contributed by atoms with Crippen LogP contribution in [0.4, 0.5) is 4.39 Å². The highest BCUT2D eigenvalue weighted by Gasteiger charge is 2.27. The number of nitrogens with one attached hydrogen (secondary N) is 2. The molecule has 0 spiro atoms. The molecule has 1 aliphatic rings. The SMILES string of the molecule is CCCNC(=O)CCC(=O)NC(c1ccc(F)cc1)C1CCCC1. The average molecular weight is 334 g/mol. The van der Waals surface area contributed by atoms with E-state index < -0.39 is 0 Å². The van der Waals surface area contributed by atoms with E-state index in [4.69, 9.17) is 0 Å². The molecule has 0 heterocycles. The maximum absolute atomic E-state index is 13.2. The van der Waals surface area contributed by atoms with Crippen LogP contribution in [0, 0.1) is 11.7 Å². The summed E-state index contributed by atoms with van der Waals surface area (Å²) >= 11 is 0. The zero-order chi connectivity index (χ0) is 17.4. The molecule has 2 rings (SSSR count). The fourth-order valence-electron chi connectivity index (χ4n) is 3.26. The minimum absolute atomic E-state index is 0.0915. The van der Waals surface area contributed by atoms with Crippen molar-refractivity contribution in [3.8, 4) is 0 Å². The molecule has 0 radical (unpaired) electrons. The van der Waals surface area contributed by atoms with Crippen molar-refractivity contribution in [2.75, 3.05) is 6.54 Å². The van der Waals surface area contributed by atoms with E-state index in [-0.39, 0.29) is 36.5 Å². The maximum Gasteiger partial charge on any atom is 0.221 e. The van der Waals surface area contributed by atoms with Crippen LogP contribution in [0.15, 0.2) is 24.3 Å². The molecular formula is C19H27FN2O2. The number of hydrogen-bond acceptors (Lipinski definition) is 2. The van der Waals surface area contributed by atoms with E-state index in [2.05, 4.69) is 10.6 Å². The monoisotopic (exact) mass is 334 g/mol. The lowest BCUT2D eigenvalue weighted by atomic mass is 9.91. The number of carbonyl (C=O) groups excluding carboxylic acids is 2. The Balaban J connectivity index is 1.93. The zero-order valence-corrected chi connectivity index (χ0v) is 14.3. The molecule has 2 amide bonds. The lowest BCUT2D eigenvalue weighted by molar-refractivity contribution is -0.127. The fraction of sp³-hybridized carbons (Fsp3) is 0.579. The lowest BCUT2D eigenvalue weighted by Crippen LogP contribution is -2.34. The molecule has 1 unspecified atom stereocenters. The van der Waals surface area contributed by atoms with Gasteiger partial charge < -0.3 is 10.6 Å². The molecule has 0 bridgehead atoms. The van der Waals surface area contributed by atoms with Crippen molar-refractivity contribution in [1.82, 2.24) is 10.6 Å². The lowest BCUT2D eigenvalue weighted by Gasteiger charge is -2.25. The number of benzene rings is 1. The first-order chi connectivity index (χ1) is 11.6. The van der Waals surface area contributed by atoms with Gasteiger partial charge in [0.25, 0.3) is 0 Å². The average Bonchev–Trinajstić information content (AvgIpc) is 3.11. The first-order valence-corrected chi connectivity index (χ1v) is 8.91. The molecule has 0 aromatic heterocycles. The van der Waals surface area contributed by atoms with Gasteiger partial charge in [-0.2, -0.15) is 0 Å². The van der Waals surface area contributed by atoms with E-state index in [9.17, 15) is 14.0 Å². The third-order valence-electron chi connectivity index (χ3n) is 4.57. The van der Waals surface area contributed by atoms with Crippen LogP contribution >= 0.6 is 0 Å². The summed E-state index contributed by atoms with van der Waals surface area (Å²) in [5, 5.41) is 5.84. The Bertz CT molecular complexity index is 539. The third kappa shape index (κ3) is 5.62. The van der Waals surface area contributed by atoms with Crippen molar-refractivity contribution in [2.24, 2.45) is 5.92 Å². The van der Waals surface area contributed by atoms with Gasteiger partial charge in [-0.05, 0) is 42.9 Å². The minimum Gasteiger partial charge on any atom is -0.356 e. The molecule has 0 saturated heterocycles. The van der Waals surface area contributed by atoms with Gasteiger partial charge >= 0.3 is 0 Å². The van der Waals surface area contributed by atoms with Crippen LogP contribution in [-0.4, -0.2) is 18.4 Å². The van der Waals surface area contributed by atoms with E-state index in [1.807, 2.05) is 6.92 Å². The second-order valence-corrected chi connectivity index (χ2v) is 6.49. The van der Waals surface area contributed by atoms with Gasteiger partial charge in [0.15, 0.2) is 0 Å². The van der Waals surface area contributed by atoms with Crippen LogP contribution in [0.3, 0.4) is 0 Å². The van der Waals surface area contributed by atoms with E-state index in [0.717, 1.165) is 37.7 Å². The minimum atomic E-state index is -0.275. The van der Waals surface area contributed by atoms with Crippen molar-refractivity contribution in [3.05, 3.63) is 35.6 Å². The Kier molecular flexibility index (Phi) is 7.22. The summed E-state index contributed by atoms with van der Waals surface area (Å²) in [7, 11) is 0. The number of rotatable bonds is 8. The standard InChI is InChI=1S/C19H27FN2O2/c1-2-13-21-17(23)11-12-18(24)22-19(14-5-3-4-6-14)15-7-9-16(20)10-8-15/h7-10,14,19H,2-6,11-13H2,1H3,(H,21,23)(H,22,24). The Hall–Kier alpha value is -1.91. The smallest absolute Gasteiger partial charge is 0.221 e. The second-order valence-electron chi connectivity index (χ2n) is 6.49. The van der Waals surface area contributed by atoms with Crippen LogP contribution in [0.5, 0.6) is 0 Å². The van der Waals surface area contributed by atoms with Gasteiger partial charge in [-0.1, -0.05) is 31.9 Å². The van der Waals surface area contributed by atoms with Gasteiger partial charge in [-0.3, -0.25) is 9.59 Å². The molecule has 1 saturated carbocycles. The van der Waals surface area contributed by atoms with Gasteiger partial charge in [0.2, 0.25) is 11.8 Å². The largest absolute Gasteiger partial charge is 0.356 e. The molecule has 1 aromatic carbocycles. The highest BCUT2D eigenvalue weighted by Crippen LogP contribution is 2.35. The van der Waals surface area contributed by atoms with Crippen molar-refractivity contribution in [1.29, 1.82) is 0 Å². The Morgan fingerprint density at radius 2 is 1.75 bits per heavy atom. The third-order valence-corrected chi connectivity index (χ3v) is 4.57. The molecule has 1 atom stereocenters. The van der Waals surface area contributed by atoms with Crippen LogP contribution in [0.25, 0.3) is 0 Å². The predicted octanol–water partition coefficient (Wildman–Crippen LogP) is 3.48.